The number of ether oxygens (including phenoxy) is 3. The van der Waals surface area contributed by atoms with Crippen LogP contribution in [-0.2, 0) is 16.1 Å². The van der Waals surface area contributed by atoms with Crippen molar-refractivity contribution in [1.82, 2.24) is 0 Å². The van der Waals surface area contributed by atoms with Gasteiger partial charge in [0.25, 0.3) is 5.69 Å². The van der Waals surface area contributed by atoms with Gasteiger partial charge in [0.1, 0.15) is 12.4 Å². The minimum atomic E-state index is -0.442. The number of nitro benzene ring substituents is 1. The van der Waals surface area contributed by atoms with Crippen LogP contribution in [-0.4, -0.2) is 31.4 Å². The average Bonchev–Trinajstić information content (AvgIpc) is 2.58. The van der Waals surface area contributed by atoms with Gasteiger partial charge in [-0.05, 0) is 17.7 Å². The summed E-state index contributed by atoms with van der Waals surface area (Å²) >= 11 is 0. The zero-order valence-electron chi connectivity index (χ0n) is 12.7. The van der Waals surface area contributed by atoms with E-state index in [1.807, 2.05) is 30.3 Å². The lowest BCUT2D eigenvalue weighted by Gasteiger charge is -2.07. The van der Waals surface area contributed by atoms with Crippen molar-refractivity contribution in [3.8, 4) is 5.75 Å². The molecule has 2 rings (SSSR count). The second kappa shape index (κ2) is 9.55. The van der Waals surface area contributed by atoms with Crippen LogP contribution >= 0.6 is 0 Å². The molecule has 2 aromatic carbocycles. The number of hydrogen-bond donors (Lipinski definition) is 0. The van der Waals surface area contributed by atoms with Crippen LogP contribution in [0.25, 0.3) is 0 Å². The number of hydrogen-bond acceptors (Lipinski definition) is 5. The van der Waals surface area contributed by atoms with Gasteiger partial charge in [0.2, 0.25) is 0 Å². The van der Waals surface area contributed by atoms with Crippen LogP contribution < -0.4 is 4.74 Å². The quantitative estimate of drug-likeness (QED) is 0.382. The van der Waals surface area contributed by atoms with Crippen LogP contribution in [0.1, 0.15) is 5.56 Å². The molecule has 0 aliphatic carbocycles. The highest BCUT2D eigenvalue weighted by Gasteiger charge is 2.04. The van der Waals surface area contributed by atoms with Crippen LogP contribution in [0, 0.1) is 10.1 Å². The summed E-state index contributed by atoms with van der Waals surface area (Å²) in [4.78, 5) is 10.1. The van der Waals surface area contributed by atoms with Gasteiger partial charge < -0.3 is 14.2 Å². The molecular weight excluding hydrogens is 298 g/mol. The Labute approximate surface area is 134 Å². The Balaban J connectivity index is 1.50. The van der Waals surface area contributed by atoms with Gasteiger partial charge in [0.15, 0.2) is 0 Å². The highest BCUT2D eigenvalue weighted by Crippen LogP contribution is 2.16. The molecular formula is C17H19NO5. The van der Waals surface area contributed by atoms with Gasteiger partial charge in [-0.15, -0.1) is 0 Å². The van der Waals surface area contributed by atoms with Crippen LogP contribution in [0.3, 0.4) is 0 Å². The molecule has 0 amide bonds. The Morgan fingerprint density at radius 1 is 0.826 bits per heavy atom. The predicted octanol–water partition coefficient (Wildman–Crippen LogP) is 3.21. The Kier molecular flexibility index (Phi) is 7.03. The largest absolute Gasteiger partial charge is 0.491 e. The van der Waals surface area contributed by atoms with E-state index in [0.29, 0.717) is 38.8 Å². The fourth-order valence-electron chi connectivity index (χ4n) is 1.87. The Bertz CT molecular complexity index is 586. The van der Waals surface area contributed by atoms with Gasteiger partial charge >= 0.3 is 0 Å². The molecule has 0 N–H and O–H groups in total. The average molecular weight is 317 g/mol. The third-order valence-corrected chi connectivity index (χ3v) is 3.03. The van der Waals surface area contributed by atoms with Gasteiger partial charge in [-0.1, -0.05) is 30.3 Å². The molecule has 122 valence electrons. The predicted molar refractivity (Wildman–Crippen MR) is 85.5 cm³/mol. The van der Waals surface area contributed by atoms with Gasteiger partial charge in [0.05, 0.1) is 31.4 Å². The Morgan fingerprint density at radius 2 is 1.48 bits per heavy atom. The minimum absolute atomic E-state index is 0.0455. The van der Waals surface area contributed by atoms with Crippen molar-refractivity contribution >= 4 is 5.69 Å². The van der Waals surface area contributed by atoms with Crippen molar-refractivity contribution in [2.45, 2.75) is 6.61 Å². The van der Waals surface area contributed by atoms with Crippen molar-refractivity contribution in [3.05, 3.63) is 70.3 Å². The molecule has 0 bridgehead atoms. The van der Waals surface area contributed by atoms with E-state index < -0.39 is 4.92 Å². The summed E-state index contributed by atoms with van der Waals surface area (Å²) in [7, 11) is 0. The first-order chi connectivity index (χ1) is 11.3. The maximum absolute atomic E-state index is 10.5. The summed E-state index contributed by atoms with van der Waals surface area (Å²) in [6.45, 7) is 2.41. The second-order valence-electron chi connectivity index (χ2n) is 4.75. The molecule has 0 spiro atoms. The van der Waals surface area contributed by atoms with Crippen LogP contribution in [0.5, 0.6) is 5.75 Å². The van der Waals surface area contributed by atoms with Crippen molar-refractivity contribution in [3.63, 3.8) is 0 Å². The van der Waals surface area contributed by atoms with Crippen molar-refractivity contribution in [1.29, 1.82) is 0 Å². The molecule has 0 atom stereocenters. The second-order valence-corrected chi connectivity index (χ2v) is 4.75. The summed E-state index contributed by atoms with van der Waals surface area (Å²) in [5.41, 5.74) is 1.18. The lowest BCUT2D eigenvalue weighted by Crippen LogP contribution is -2.10. The van der Waals surface area contributed by atoms with Crippen molar-refractivity contribution in [2.24, 2.45) is 0 Å². The molecule has 2 aromatic rings. The van der Waals surface area contributed by atoms with E-state index in [0.717, 1.165) is 5.56 Å². The summed E-state index contributed by atoms with van der Waals surface area (Å²) in [5.74, 6) is 0.583. The van der Waals surface area contributed by atoms with E-state index in [-0.39, 0.29) is 5.69 Å². The van der Waals surface area contributed by atoms with E-state index in [2.05, 4.69) is 0 Å². The first-order valence-electron chi connectivity index (χ1n) is 7.32. The van der Waals surface area contributed by atoms with E-state index >= 15 is 0 Å². The minimum Gasteiger partial charge on any atom is -0.491 e. The molecule has 0 saturated heterocycles. The normalized spacial score (nSPS) is 10.4. The van der Waals surface area contributed by atoms with E-state index in [4.69, 9.17) is 14.2 Å². The standard InChI is InChI=1S/C17H19NO5/c19-18(20)16-6-8-17(9-7-16)23-13-12-21-10-11-22-14-15-4-2-1-3-5-15/h1-9H,10-14H2. The number of nitrogens with zero attached hydrogens (tertiary/aromatic N) is 1. The number of rotatable bonds is 10. The molecule has 0 radical (unpaired) electrons. The number of nitro groups is 1. The van der Waals surface area contributed by atoms with Gasteiger partial charge in [-0.2, -0.15) is 0 Å². The monoisotopic (exact) mass is 317 g/mol. The number of non-ortho nitro benzene ring substituents is 1. The fraction of sp³-hybridized carbons (Fsp3) is 0.294. The van der Waals surface area contributed by atoms with Crippen molar-refractivity contribution in [2.75, 3.05) is 26.4 Å². The third-order valence-electron chi connectivity index (χ3n) is 3.03. The van der Waals surface area contributed by atoms with E-state index in [9.17, 15) is 10.1 Å². The maximum Gasteiger partial charge on any atom is 0.269 e. The van der Waals surface area contributed by atoms with E-state index in [1.165, 1.54) is 12.1 Å². The smallest absolute Gasteiger partial charge is 0.269 e. The maximum atomic E-state index is 10.5. The van der Waals surface area contributed by atoms with Gasteiger partial charge in [0, 0.05) is 12.1 Å². The molecule has 0 aliphatic rings. The zero-order valence-corrected chi connectivity index (χ0v) is 12.7. The summed E-state index contributed by atoms with van der Waals surface area (Å²) in [6.07, 6.45) is 0. The van der Waals surface area contributed by atoms with Gasteiger partial charge in [-0.25, -0.2) is 0 Å². The number of benzene rings is 2. The highest BCUT2D eigenvalue weighted by molar-refractivity contribution is 5.35. The molecule has 0 unspecified atom stereocenters. The van der Waals surface area contributed by atoms with Crippen LogP contribution in [0.4, 0.5) is 5.69 Å². The van der Waals surface area contributed by atoms with Crippen LogP contribution in [0.15, 0.2) is 54.6 Å². The molecule has 6 heteroatoms. The SMILES string of the molecule is O=[N+]([O-])c1ccc(OCCOCCOCc2ccccc2)cc1. The van der Waals surface area contributed by atoms with Crippen molar-refractivity contribution < 1.29 is 19.1 Å². The lowest BCUT2D eigenvalue weighted by atomic mass is 10.2. The lowest BCUT2D eigenvalue weighted by molar-refractivity contribution is -0.384. The molecule has 6 nitrogen and oxygen atoms in total. The van der Waals surface area contributed by atoms with Gasteiger partial charge in [-0.3, -0.25) is 10.1 Å². The molecule has 0 aliphatic heterocycles. The molecule has 0 saturated carbocycles. The molecule has 0 fully saturated rings. The summed E-state index contributed by atoms with van der Waals surface area (Å²) in [6, 6.07) is 15.9. The van der Waals surface area contributed by atoms with E-state index in [1.54, 1.807) is 12.1 Å². The Hall–Kier alpha value is -2.44. The first-order valence-corrected chi connectivity index (χ1v) is 7.32. The summed E-state index contributed by atoms with van der Waals surface area (Å²) < 4.78 is 16.3. The Morgan fingerprint density at radius 3 is 2.17 bits per heavy atom. The molecule has 0 aromatic heterocycles. The highest BCUT2D eigenvalue weighted by atomic mass is 16.6. The molecule has 0 heterocycles. The van der Waals surface area contributed by atoms with Crippen LogP contribution in [0.2, 0.25) is 0 Å². The first kappa shape index (κ1) is 16.9. The zero-order chi connectivity index (χ0) is 16.3. The fourth-order valence-corrected chi connectivity index (χ4v) is 1.87. The molecule has 23 heavy (non-hydrogen) atoms. The summed E-state index contributed by atoms with van der Waals surface area (Å²) in [5, 5.41) is 10.5. The third kappa shape index (κ3) is 6.46. The topological polar surface area (TPSA) is 70.8 Å².